The van der Waals surface area contributed by atoms with Crippen molar-refractivity contribution in [1.82, 2.24) is 9.97 Å². The second-order valence-electron chi connectivity index (χ2n) is 4.31. The van der Waals surface area contributed by atoms with Crippen LogP contribution in [0.1, 0.15) is 24.5 Å². The highest BCUT2D eigenvalue weighted by Crippen LogP contribution is 2.28. The number of hydrogen-bond donors (Lipinski definition) is 2. The SMILES string of the molecule is CCC(=O)Oc1c(C)cc2[nH]c(=O)[nH]c(=O)c2c1C. The lowest BCUT2D eigenvalue weighted by Crippen LogP contribution is -2.23. The fourth-order valence-corrected chi connectivity index (χ4v) is 2.02. The molecule has 0 saturated heterocycles. The summed E-state index contributed by atoms with van der Waals surface area (Å²) >= 11 is 0. The lowest BCUT2D eigenvalue weighted by Gasteiger charge is -2.12. The number of carbonyl (C=O) groups is 1. The number of H-pyrrole nitrogens is 2. The third kappa shape index (κ3) is 2.29. The van der Waals surface area contributed by atoms with Crippen molar-refractivity contribution in [3.63, 3.8) is 0 Å². The Hall–Kier alpha value is -2.37. The van der Waals surface area contributed by atoms with E-state index >= 15 is 0 Å². The Kier molecular flexibility index (Phi) is 3.25. The maximum absolute atomic E-state index is 11.8. The number of carbonyl (C=O) groups excluding carboxylic acids is 1. The van der Waals surface area contributed by atoms with Crippen LogP contribution in [0.5, 0.6) is 5.75 Å². The quantitative estimate of drug-likeness (QED) is 0.627. The van der Waals surface area contributed by atoms with E-state index in [4.69, 9.17) is 4.74 Å². The van der Waals surface area contributed by atoms with E-state index in [1.807, 2.05) is 0 Å². The van der Waals surface area contributed by atoms with Crippen molar-refractivity contribution in [2.24, 2.45) is 0 Å². The molecule has 6 nitrogen and oxygen atoms in total. The fourth-order valence-electron chi connectivity index (χ4n) is 2.02. The predicted octanol–water partition coefficient (Wildman–Crippen LogP) is 1.15. The van der Waals surface area contributed by atoms with Gasteiger partial charge in [0.15, 0.2) is 0 Å². The summed E-state index contributed by atoms with van der Waals surface area (Å²) in [5.74, 6) is 0.00306. The number of aromatic nitrogens is 2. The minimum atomic E-state index is -0.561. The Morgan fingerprint density at radius 1 is 1.26 bits per heavy atom. The van der Waals surface area contributed by atoms with Crippen LogP contribution < -0.4 is 16.0 Å². The van der Waals surface area contributed by atoms with Gasteiger partial charge < -0.3 is 9.72 Å². The first-order chi connectivity index (χ1) is 8.93. The first-order valence-corrected chi connectivity index (χ1v) is 5.91. The van der Waals surface area contributed by atoms with E-state index in [2.05, 4.69) is 9.97 Å². The van der Waals surface area contributed by atoms with Gasteiger partial charge in [-0.1, -0.05) is 6.92 Å². The second kappa shape index (κ2) is 4.72. The molecule has 6 heteroatoms. The van der Waals surface area contributed by atoms with Gasteiger partial charge in [0.05, 0.1) is 10.9 Å². The first kappa shape index (κ1) is 13.1. The molecule has 0 aliphatic carbocycles. The van der Waals surface area contributed by atoms with Crippen LogP contribution in [0.4, 0.5) is 0 Å². The van der Waals surface area contributed by atoms with Gasteiger partial charge in [-0.15, -0.1) is 0 Å². The number of aryl methyl sites for hydroxylation is 2. The lowest BCUT2D eigenvalue weighted by molar-refractivity contribution is -0.134. The second-order valence-corrected chi connectivity index (χ2v) is 4.31. The molecule has 2 aromatic rings. The van der Waals surface area contributed by atoms with Crippen molar-refractivity contribution in [2.75, 3.05) is 0 Å². The molecule has 100 valence electrons. The number of ether oxygens (including phenoxy) is 1. The predicted molar refractivity (Wildman–Crippen MR) is 70.6 cm³/mol. The molecule has 0 unspecified atom stereocenters. The smallest absolute Gasteiger partial charge is 0.326 e. The molecule has 1 heterocycles. The highest BCUT2D eigenvalue weighted by atomic mass is 16.5. The molecule has 19 heavy (non-hydrogen) atoms. The standard InChI is InChI=1S/C13H14N2O4/c1-4-9(16)19-11-6(2)5-8-10(7(11)3)12(17)15-13(18)14-8/h5H,4H2,1-3H3,(H2,14,15,17,18). The number of rotatable bonds is 2. The van der Waals surface area contributed by atoms with E-state index in [1.165, 1.54) is 0 Å². The summed E-state index contributed by atoms with van der Waals surface area (Å²) < 4.78 is 5.23. The zero-order valence-electron chi connectivity index (χ0n) is 10.9. The van der Waals surface area contributed by atoms with Crippen LogP contribution in [-0.4, -0.2) is 15.9 Å². The molecule has 2 N–H and O–H groups in total. The van der Waals surface area contributed by atoms with Crippen molar-refractivity contribution in [2.45, 2.75) is 27.2 Å². The van der Waals surface area contributed by atoms with Crippen LogP contribution in [0.15, 0.2) is 15.7 Å². The third-order valence-corrected chi connectivity index (χ3v) is 2.91. The monoisotopic (exact) mass is 262 g/mol. The molecular weight excluding hydrogens is 248 g/mol. The molecule has 0 aliphatic rings. The van der Waals surface area contributed by atoms with Gasteiger partial charge in [-0.25, -0.2) is 4.79 Å². The molecule has 1 aromatic heterocycles. The van der Waals surface area contributed by atoms with Crippen molar-refractivity contribution < 1.29 is 9.53 Å². The Balaban J connectivity index is 2.78. The summed E-state index contributed by atoms with van der Waals surface area (Å²) in [4.78, 5) is 39.2. The molecule has 0 fully saturated rings. The van der Waals surface area contributed by atoms with E-state index in [-0.39, 0.29) is 12.4 Å². The van der Waals surface area contributed by atoms with E-state index in [0.717, 1.165) is 0 Å². The zero-order valence-corrected chi connectivity index (χ0v) is 10.9. The third-order valence-electron chi connectivity index (χ3n) is 2.91. The van der Waals surface area contributed by atoms with E-state index in [0.29, 0.717) is 27.8 Å². The largest absolute Gasteiger partial charge is 0.426 e. The summed E-state index contributed by atoms with van der Waals surface area (Å²) in [5, 5.41) is 0.323. The zero-order chi connectivity index (χ0) is 14.2. The number of benzene rings is 1. The number of esters is 1. The molecule has 2 rings (SSSR count). The van der Waals surface area contributed by atoms with Crippen LogP contribution in [0.2, 0.25) is 0 Å². The maximum atomic E-state index is 11.8. The van der Waals surface area contributed by atoms with Gasteiger partial charge in [-0.2, -0.15) is 0 Å². The summed E-state index contributed by atoms with van der Waals surface area (Å²) in [6, 6.07) is 1.62. The topological polar surface area (TPSA) is 92.0 Å². The molecule has 0 atom stereocenters. The summed E-state index contributed by atoms with van der Waals surface area (Å²) in [5.41, 5.74) is 0.599. The molecule has 0 amide bonds. The number of aromatic amines is 2. The minimum absolute atomic E-state index is 0.249. The van der Waals surface area contributed by atoms with Gasteiger partial charge in [-0.05, 0) is 25.5 Å². The lowest BCUT2D eigenvalue weighted by atomic mass is 10.1. The van der Waals surface area contributed by atoms with Crippen molar-refractivity contribution in [1.29, 1.82) is 0 Å². The summed E-state index contributed by atoms with van der Waals surface area (Å²) in [6.45, 7) is 5.13. The van der Waals surface area contributed by atoms with Crippen LogP contribution in [0, 0.1) is 13.8 Å². The van der Waals surface area contributed by atoms with E-state index in [1.54, 1.807) is 26.8 Å². The van der Waals surface area contributed by atoms with Gasteiger partial charge in [-0.3, -0.25) is 14.6 Å². The van der Waals surface area contributed by atoms with Gasteiger partial charge in [0.1, 0.15) is 5.75 Å². The average Bonchev–Trinajstić information content (AvgIpc) is 2.32. The van der Waals surface area contributed by atoms with Crippen molar-refractivity contribution in [3.05, 3.63) is 38.0 Å². The Morgan fingerprint density at radius 2 is 1.95 bits per heavy atom. The average molecular weight is 262 g/mol. The Labute approximate surface area is 108 Å². The number of hydrogen-bond acceptors (Lipinski definition) is 4. The van der Waals surface area contributed by atoms with Gasteiger partial charge in [0.25, 0.3) is 5.56 Å². The molecule has 0 bridgehead atoms. The highest BCUT2D eigenvalue weighted by Gasteiger charge is 2.14. The fraction of sp³-hybridized carbons (Fsp3) is 0.308. The maximum Gasteiger partial charge on any atom is 0.326 e. The van der Waals surface area contributed by atoms with Gasteiger partial charge in [0, 0.05) is 12.0 Å². The van der Waals surface area contributed by atoms with Crippen LogP contribution in [0.25, 0.3) is 10.9 Å². The molecule has 0 saturated carbocycles. The van der Waals surface area contributed by atoms with Crippen molar-refractivity contribution in [3.8, 4) is 5.75 Å². The first-order valence-electron chi connectivity index (χ1n) is 5.91. The molecule has 0 radical (unpaired) electrons. The van der Waals surface area contributed by atoms with Crippen LogP contribution in [0.3, 0.4) is 0 Å². The normalized spacial score (nSPS) is 10.7. The molecular formula is C13H14N2O4. The van der Waals surface area contributed by atoms with E-state index < -0.39 is 11.2 Å². The summed E-state index contributed by atoms with van der Waals surface area (Å²) in [7, 11) is 0. The van der Waals surface area contributed by atoms with Crippen LogP contribution >= 0.6 is 0 Å². The molecule has 0 aliphatic heterocycles. The van der Waals surface area contributed by atoms with E-state index in [9.17, 15) is 14.4 Å². The molecule has 0 spiro atoms. The van der Waals surface area contributed by atoms with Crippen molar-refractivity contribution >= 4 is 16.9 Å². The summed E-state index contributed by atoms with van der Waals surface area (Å²) in [6.07, 6.45) is 0.249. The Bertz CT molecular complexity index is 771. The Morgan fingerprint density at radius 3 is 2.58 bits per heavy atom. The van der Waals surface area contributed by atoms with Gasteiger partial charge in [0.2, 0.25) is 0 Å². The van der Waals surface area contributed by atoms with Crippen LogP contribution in [-0.2, 0) is 4.79 Å². The number of nitrogens with one attached hydrogen (secondary N) is 2. The minimum Gasteiger partial charge on any atom is -0.426 e. The van der Waals surface area contributed by atoms with Gasteiger partial charge >= 0.3 is 11.7 Å². The number of fused-ring (bicyclic) bond motifs is 1. The molecule has 1 aromatic carbocycles. The highest BCUT2D eigenvalue weighted by molar-refractivity contribution is 5.86.